The smallest absolute Gasteiger partial charge is 0.406 e. The molecular weight excluding hydrogens is 247 g/mol. The van der Waals surface area contributed by atoms with Crippen molar-refractivity contribution in [3.8, 4) is 5.75 Å². The normalized spacial score (nSPS) is 13.7. The Morgan fingerprint density at radius 2 is 2.00 bits per heavy atom. The third kappa shape index (κ3) is 5.37. The van der Waals surface area contributed by atoms with Gasteiger partial charge in [0.05, 0.1) is 6.10 Å². The zero-order valence-corrected chi connectivity index (χ0v) is 10.2. The summed E-state index contributed by atoms with van der Waals surface area (Å²) in [6.07, 6.45) is -5.07. The largest absolute Gasteiger partial charge is 0.573 e. The standard InChI is InChI=1S/C12H16F3NO2/c1-16(2)7-6-11(17)9-4-3-5-10(8-9)18-12(13,14)15/h3-5,8,11,17H,6-7H2,1-2H3. The van der Waals surface area contributed by atoms with Crippen molar-refractivity contribution in [3.05, 3.63) is 29.8 Å². The van der Waals surface area contributed by atoms with E-state index in [0.29, 0.717) is 18.5 Å². The fraction of sp³-hybridized carbons (Fsp3) is 0.500. The summed E-state index contributed by atoms with van der Waals surface area (Å²) >= 11 is 0. The van der Waals surface area contributed by atoms with E-state index in [0.717, 1.165) is 0 Å². The Kier molecular flexibility index (Phi) is 4.98. The molecule has 3 nitrogen and oxygen atoms in total. The van der Waals surface area contributed by atoms with Crippen LogP contribution in [-0.4, -0.2) is 37.0 Å². The number of aliphatic hydroxyl groups excluding tert-OH is 1. The molecule has 102 valence electrons. The van der Waals surface area contributed by atoms with Gasteiger partial charge in [-0.1, -0.05) is 12.1 Å². The minimum atomic E-state index is -4.72. The molecule has 0 fully saturated rings. The van der Waals surface area contributed by atoms with Crippen molar-refractivity contribution in [1.82, 2.24) is 4.90 Å². The molecule has 0 saturated heterocycles. The number of nitrogens with zero attached hydrogens (tertiary/aromatic N) is 1. The molecule has 0 aliphatic rings. The summed E-state index contributed by atoms with van der Waals surface area (Å²) in [5.41, 5.74) is 0.415. The summed E-state index contributed by atoms with van der Waals surface area (Å²) in [7, 11) is 3.71. The van der Waals surface area contributed by atoms with Gasteiger partial charge in [0.2, 0.25) is 0 Å². The number of ether oxygens (including phenoxy) is 1. The number of halogens is 3. The van der Waals surface area contributed by atoms with Crippen LogP contribution < -0.4 is 4.74 Å². The Morgan fingerprint density at radius 1 is 1.33 bits per heavy atom. The van der Waals surface area contributed by atoms with Crippen LogP contribution in [0.3, 0.4) is 0 Å². The van der Waals surface area contributed by atoms with E-state index in [1.807, 2.05) is 19.0 Å². The molecule has 0 spiro atoms. The molecule has 6 heteroatoms. The van der Waals surface area contributed by atoms with Crippen molar-refractivity contribution in [2.24, 2.45) is 0 Å². The minimum Gasteiger partial charge on any atom is -0.406 e. The van der Waals surface area contributed by atoms with Gasteiger partial charge in [-0.15, -0.1) is 13.2 Å². The first-order valence-corrected chi connectivity index (χ1v) is 5.46. The average Bonchev–Trinajstić information content (AvgIpc) is 2.23. The first-order chi connectivity index (χ1) is 8.28. The van der Waals surface area contributed by atoms with Gasteiger partial charge in [-0.2, -0.15) is 0 Å². The highest BCUT2D eigenvalue weighted by Gasteiger charge is 2.31. The van der Waals surface area contributed by atoms with E-state index in [1.165, 1.54) is 18.2 Å². The van der Waals surface area contributed by atoms with Crippen molar-refractivity contribution in [1.29, 1.82) is 0 Å². The van der Waals surface area contributed by atoms with Crippen LogP contribution in [0, 0.1) is 0 Å². The third-order valence-electron chi connectivity index (χ3n) is 2.33. The average molecular weight is 263 g/mol. The van der Waals surface area contributed by atoms with Gasteiger partial charge in [0.1, 0.15) is 5.75 Å². The molecule has 18 heavy (non-hydrogen) atoms. The van der Waals surface area contributed by atoms with E-state index >= 15 is 0 Å². The van der Waals surface area contributed by atoms with E-state index < -0.39 is 12.5 Å². The quantitative estimate of drug-likeness (QED) is 0.886. The predicted molar refractivity (Wildman–Crippen MR) is 61.3 cm³/mol. The summed E-state index contributed by atoms with van der Waals surface area (Å²) in [5, 5.41) is 9.83. The highest BCUT2D eigenvalue weighted by Crippen LogP contribution is 2.26. The number of rotatable bonds is 5. The van der Waals surface area contributed by atoms with Crippen molar-refractivity contribution < 1.29 is 23.0 Å². The Labute approximate surface area is 104 Å². The summed E-state index contributed by atoms with van der Waals surface area (Å²) in [6, 6.07) is 5.41. The molecule has 0 aliphatic carbocycles. The first-order valence-electron chi connectivity index (χ1n) is 5.46. The Balaban J connectivity index is 2.69. The molecule has 0 aliphatic heterocycles. The molecule has 0 amide bonds. The molecule has 1 unspecified atom stereocenters. The fourth-order valence-corrected chi connectivity index (χ4v) is 1.47. The molecule has 1 N–H and O–H groups in total. The van der Waals surface area contributed by atoms with Gasteiger partial charge in [0.15, 0.2) is 0 Å². The van der Waals surface area contributed by atoms with E-state index in [4.69, 9.17) is 0 Å². The lowest BCUT2D eigenvalue weighted by Crippen LogP contribution is -2.18. The van der Waals surface area contributed by atoms with Crippen LogP contribution in [0.2, 0.25) is 0 Å². The van der Waals surface area contributed by atoms with E-state index in [-0.39, 0.29) is 5.75 Å². The number of hydrogen-bond acceptors (Lipinski definition) is 3. The maximum atomic E-state index is 12.0. The van der Waals surface area contributed by atoms with Gasteiger partial charge in [-0.3, -0.25) is 0 Å². The Morgan fingerprint density at radius 3 is 2.56 bits per heavy atom. The van der Waals surface area contributed by atoms with E-state index in [9.17, 15) is 18.3 Å². The molecule has 1 rings (SSSR count). The van der Waals surface area contributed by atoms with Gasteiger partial charge >= 0.3 is 6.36 Å². The summed E-state index contributed by atoms with van der Waals surface area (Å²) in [4.78, 5) is 1.89. The monoisotopic (exact) mass is 263 g/mol. The highest BCUT2D eigenvalue weighted by molar-refractivity contribution is 5.30. The van der Waals surface area contributed by atoms with Crippen LogP contribution in [0.5, 0.6) is 5.75 Å². The molecular formula is C12H16F3NO2. The van der Waals surface area contributed by atoms with E-state index in [1.54, 1.807) is 6.07 Å². The molecule has 0 bridgehead atoms. The topological polar surface area (TPSA) is 32.7 Å². The SMILES string of the molecule is CN(C)CCC(O)c1cccc(OC(F)(F)F)c1. The molecule has 0 radical (unpaired) electrons. The van der Waals surface area contributed by atoms with Crippen LogP contribution in [0.4, 0.5) is 13.2 Å². The second kappa shape index (κ2) is 6.06. The molecule has 0 saturated carbocycles. The van der Waals surface area contributed by atoms with Gasteiger partial charge in [-0.25, -0.2) is 0 Å². The predicted octanol–water partition coefficient (Wildman–Crippen LogP) is 2.57. The molecule has 1 aromatic rings. The maximum Gasteiger partial charge on any atom is 0.573 e. The maximum absolute atomic E-state index is 12.0. The molecule has 0 heterocycles. The van der Waals surface area contributed by atoms with Crippen LogP contribution in [0.15, 0.2) is 24.3 Å². The summed E-state index contributed by atoms with van der Waals surface area (Å²) in [5.74, 6) is -0.316. The van der Waals surface area contributed by atoms with Crippen LogP contribution >= 0.6 is 0 Å². The Bertz CT molecular complexity index is 380. The summed E-state index contributed by atoms with van der Waals surface area (Å²) < 4.78 is 39.9. The Hall–Kier alpha value is -1.27. The number of alkyl halides is 3. The highest BCUT2D eigenvalue weighted by atomic mass is 19.4. The number of aliphatic hydroxyl groups is 1. The van der Waals surface area contributed by atoms with Crippen LogP contribution in [0.1, 0.15) is 18.1 Å². The first kappa shape index (κ1) is 14.8. The lowest BCUT2D eigenvalue weighted by Gasteiger charge is -2.16. The second-order valence-electron chi connectivity index (χ2n) is 4.23. The van der Waals surface area contributed by atoms with Crippen LogP contribution in [0.25, 0.3) is 0 Å². The number of benzene rings is 1. The van der Waals surface area contributed by atoms with E-state index in [2.05, 4.69) is 4.74 Å². The lowest BCUT2D eigenvalue weighted by molar-refractivity contribution is -0.274. The summed E-state index contributed by atoms with van der Waals surface area (Å²) in [6.45, 7) is 0.644. The van der Waals surface area contributed by atoms with Crippen molar-refractivity contribution in [3.63, 3.8) is 0 Å². The van der Waals surface area contributed by atoms with Crippen LogP contribution in [-0.2, 0) is 0 Å². The van der Waals surface area contributed by atoms with Gasteiger partial charge in [0, 0.05) is 6.54 Å². The zero-order chi connectivity index (χ0) is 13.8. The lowest BCUT2D eigenvalue weighted by atomic mass is 10.1. The number of hydrogen-bond donors (Lipinski definition) is 1. The molecule has 1 atom stereocenters. The van der Waals surface area contributed by atoms with Gasteiger partial charge in [0.25, 0.3) is 0 Å². The third-order valence-corrected chi connectivity index (χ3v) is 2.33. The molecule has 0 aromatic heterocycles. The second-order valence-corrected chi connectivity index (χ2v) is 4.23. The molecule has 1 aromatic carbocycles. The van der Waals surface area contributed by atoms with Crippen molar-refractivity contribution in [2.75, 3.05) is 20.6 Å². The van der Waals surface area contributed by atoms with Crippen molar-refractivity contribution in [2.45, 2.75) is 18.9 Å². The van der Waals surface area contributed by atoms with Gasteiger partial charge < -0.3 is 14.7 Å². The van der Waals surface area contributed by atoms with Crippen molar-refractivity contribution >= 4 is 0 Å². The zero-order valence-electron chi connectivity index (χ0n) is 10.2. The van der Waals surface area contributed by atoms with Gasteiger partial charge in [-0.05, 0) is 38.2 Å². The fourth-order valence-electron chi connectivity index (χ4n) is 1.47. The minimum absolute atomic E-state index is 0.316.